The number of hydrogen-bond donors (Lipinski definition) is 0. The molecule has 0 aromatic heterocycles. The summed E-state index contributed by atoms with van der Waals surface area (Å²) in [6.07, 6.45) is 1.14. The standard InChI is InChI=1S/C10H9BrINO/c11-8-4-7(5-9(12)6-8)10(14)13-2-1-3-13/h4-6H,1-3H2. The lowest BCUT2D eigenvalue weighted by molar-refractivity contribution is 0.0651. The fourth-order valence-corrected chi connectivity index (χ4v) is 2.97. The van der Waals surface area contributed by atoms with Gasteiger partial charge in [-0.3, -0.25) is 4.79 Å². The van der Waals surface area contributed by atoms with Crippen LogP contribution in [0.15, 0.2) is 22.7 Å². The Morgan fingerprint density at radius 2 is 2.07 bits per heavy atom. The van der Waals surface area contributed by atoms with Gasteiger partial charge in [0.05, 0.1) is 0 Å². The van der Waals surface area contributed by atoms with Crippen molar-refractivity contribution in [3.63, 3.8) is 0 Å². The van der Waals surface area contributed by atoms with Crippen LogP contribution in [0.3, 0.4) is 0 Å². The third-order valence-corrected chi connectivity index (χ3v) is 3.33. The van der Waals surface area contributed by atoms with Crippen LogP contribution in [0.1, 0.15) is 16.8 Å². The zero-order valence-corrected chi connectivity index (χ0v) is 11.2. The van der Waals surface area contributed by atoms with Gasteiger partial charge in [0.2, 0.25) is 0 Å². The fourth-order valence-electron chi connectivity index (χ4n) is 1.38. The number of halogens is 2. The smallest absolute Gasteiger partial charge is 0.253 e. The van der Waals surface area contributed by atoms with E-state index in [0.717, 1.165) is 33.1 Å². The fraction of sp³-hybridized carbons (Fsp3) is 0.300. The van der Waals surface area contributed by atoms with Crippen molar-refractivity contribution < 1.29 is 4.79 Å². The van der Waals surface area contributed by atoms with Gasteiger partial charge in [0.25, 0.3) is 5.91 Å². The highest BCUT2D eigenvalue weighted by Crippen LogP contribution is 2.20. The summed E-state index contributed by atoms with van der Waals surface area (Å²) in [6.45, 7) is 1.81. The monoisotopic (exact) mass is 365 g/mol. The molecule has 74 valence electrons. The maximum Gasteiger partial charge on any atom is 0.253 e. The van der Waals surface area contributed by atoms with Crippen molar-refractivity contribution in [2.24, 2.45) is 0 Å². The average molecular weight is 366 g/mol. The Bertz CT molecular complexity index is 356. The van der Waals surface area contributed by atoms with Crippen LogP contribution in [0.25, 0.3) is 0 Å². The molecule has 0 atom stereocenters. The quantitative estimate of drug-likeness (QED) is 0.701. The van der Waals surface area contributed by atoms with Crippen LogP contribution in [-0.4, -0.2) is 23.9 Å². The number of likely N-dealkylation sites (tertiary alicyclic amines) is 1. The van der Waals surface area contributed by atoms with Crippen molar-refractivity contribution in [2.45, 2.75) is 6.42 Å². The van der Waals surface area contributed by atoms with Gasteiger partial charge in [0.15, 0.2) is 0 Å². The van der Waals surface area contributed by atoms with E-state index >= 15 is 0 Å². The lowest BCUT2D eigenvalue weighted by Crippen LogP contribution is -2.42. The lowest BCUT2D eigenvalue weighted by Gasteiger charge is -2.31. The zero-order chi connectivity index (χ0) is 10.1. The van der Waals surface area contributed by atoms with E-state index in [1.54, 1.807) is 0 Å². The molecule has 1 amide bonds. The zero-order valence-electron chi connectivity index (χ0n) is 7.46. The van der Waals surface area contributed by atoms with Crippen molar-refractivity contribution in [3.05, 3.63) is 31.8 Å². The molecule has 1 heterocycles. The molecule has 1 aliphatic heterocycles. The van der Waals surface area contributed by atoms with E-state index in [0.29, 0.717) is 0 Å². The molecule has 1 fully saturated rings. The van der Waals surface area contributed by atoms with Gasteiger partial charge in [0, 0.05) is 26.7 Å². The summed E-state index contributed by atoms with van der Waals surface area (Å²) in [7, 11) is 0. The minimum atomic E-state index is 0.149. The van der Waals surface area contributed by atoms with Gasteiger partial charge in [-0.2, -0.15) is 0 Å². The number of carbonyl (C=O) groups excluding carboxylic acids is 1. The molecular formula is C10H9BrINO. The predicted octanol–water partition coefficient (Wildman–Crippen LogP) is 2.90. The van der Waals surface area contributed by atoms with Gasteiger partial charge in [0.1, 0.15) is 0 Å². The van der Waals surface area contributed by atoms with Crippen LogP contribution in [0.2, 0.25) is 0 Å². The second-order valence-electron chi connectivity index (χ2n) is 3.30. The summed E-state index contributed by atoms with van der Waals surface area (Å²) in [5.74, 6) is 0.149. The number of carbonyl (C=O) groups is 1. The maximum atomic E-state index is 11.8. The van der Waals surface area contributed by atoms with Crippen LogP contribution in [0.4, 0.5) is 0 Å². The molecule has 2 rings (SSSR count). The Hall–Kier alpha value is -0.100. The van der Waals surface area contributed by atoms with Gasteiger partial charge < -0.3 is 4.90 Å². The van der Waals surface area contributed by atoms with E-state index < -0.39 is 0 Å². The Morgan fingerprint density at radius 1 is 1.36 bits per heavy atom. The molecule has 0 unspecified atom stereocenters. The van der Waals surface area contributed by atoms with Crippen molar-refractivity contribution >= 4 is 44.4 Å². The molecule has 14 heavy (non-hydrogen) atoms. The molecule has 1 aromatic carbocycles. The normalized spacial score (nSPS) is 15.1. The predicted molar refractivity (Wildman–Crippen MR) is 67.4 cm³/mol. The van der Waals surface area contributed by atoms with Gasteiger partial charge in [-0.15, -0.1) is 0 Å². The van der Waals surface area contributed by atoms with Crippen LogP contribution in [-0.2, 0) is 0 Å². The number of amides is 1. The van der Waals surface area contributed by atoms with E-state index in [2.05, 4.69) is 38.5 Å². The molecule has 0 saturated carbocycles. The van der Waals surface area contributed by atoms with Crippen LogP contribution in [0.5, 0.6) is 0 Å². The summed E-state index contributed by atoms with van der Waals surface area (Å²) < 4.78 is 2.05. The van der Waals surface area contributed by atoms with Crippen molar-refractivity contribution in [2.75, 3.05) is 13.1 Å². The van der Waals surface area contributed by atoms with Crippen molar-refractivity contribution in [3.8, 4) is 0 Å². The molecule has 0 radical (unpaired) electrons. The molecule has 1 saturated heterocycles. The molecule has 1 aliphatic rings. The number of hydrogen-bond acceptors (Lipinski definition) is 1. The second kappa shape index (κ2) is 4.18. The highest BCUT2D eigenvalue weighted by Gasteiger charge is 2.21. The summed E-state index contributed by atoms with van der Waals surface area (Å²) in [5.41, 5.74) is 0.781. The van der Waals surface area contributed by atoms with Gasteiger partial charge in [-0.05, 0) is 47.2 Å². The maximum absolute atomic E-state index is 11.8. The topological polar surface area (TPSA) is 20.3 Å². The van der Waals surface area contributed by atoms with Gasteiger partial charge in [-0.25, -0.2) is 0 Å². The van der Waals surface area contributed by atoms with Crippen LogP contribution >= 0.6 is 38.5 Å². The molecular weight excluding hydrogens is 357 g/mol. The third-order valence-electron chi connectivity index (χ3n) is 2.25. The van der Waals surface area contributed by atoms with Gasteiger partial charge in [-0.1, -0.05) is 15.9 Å². The molecule has 0 aliphatic carbocycles. The first-order valence-electron chi connectivity index (χ1n) is 4.42. The SMILES string of the molecule is O=C(c1cc(Br)cc(I)c1)N1CCC1. The second-order valence-corrected chi connectivity index (χ2v) is 5.47. The van der Waals surface area contributed by atoms with E-state index in [9.17, 15) is 4.79 Å². The van der Waals surface area contributed by atoms with Crippen LogP contribution < -0.4 is 0 Å². The first-order chi connectivity index (χ1) is 6.66. The lowest BCUT2D eigenvalue weighted by atomic mass is 10.1. The summed E-state index contributed by atoms with van der Waals surface area (Å²) >= 11 is 5.61. The largest absolute Gasteiger partial charge is 0.339 e. The third kappa shape index (κ3) is 2.11. The molecule has 0 N–H and O–H groups in total. The minimum absolute atomic E-state index is 0.149. The van der Waals surface area contributed by atoms with Crippen LogP contribution in [0, 0.1) is 3.57 Å². The molecule has 4 heteroatoms. The first kappa shape index (κ1) is 10.4. The average Bonchev–Trinajstić information content (AvgIpc) is 1.98. The summed E-state index contributed by atoms with van der Waals surface area (Å²) in [6, 6.07) is 5.79. The Kier molecular flexibility index (Phi) is 3.11. The van der Waals surface area contributed by atoms with E-state index in [-0.39, 0.29) is 5.91 Å². The minimum Gasteiger partial charge on any atom is -0.339 e. The first-order valence-corrected chi connectivity index (χ1v) is 6.29. The van der Waals surface area contributed by atoms with Gasteiger partial charge >= 0.3 is 0 Å². The van der Waals surface area contributed by atoms with E-state index in [1.165, 1.54) is 0 Å². The molecule has 0 spiro atoms. The van der Waals surface area contributed by atoms with Crippen molar-refractivity contribution in [1.29, 1.82) is 0 Å². The van der Waals surface area contributed by atoms with E-state index in [1.807, 2.05) is 23.1 Å². The summed E-state index contributed by atoms with van der Waals surface area (Å²) in [5, 5.41) is 0. The number of rotatable bonds is 1. The highest BCUT2D eigenvalue weighted by molar-refractivity contribution is 14.1. The number of benzene rings is 1. The summed E-state index contributed by atoms with van der Waals surface area (Å²) in [4.78, 5) is 13.7. The number of nitrogens with zero attached hydrogens (tertiary/aromatic N) is 1. The van der Waals surface area contributed by atoms with Crippen molar-refractivity contribution in [1.82, 2.24) is 4.90 Å². The van der Waals surface area contributed by atoms with E-state index in [4.69, 9.17) is 0 Å². The molecule has 0 bridgehead atoms. The Morgan fingerprint density at radius 3 is 2.57 bits per heavy atom. The highest BCUT2D eigenvalue weighted by atomic mass is 127. The Balaban J connectivity index is 2.26. The molecule has 2 nitrogen and oxygen atoms in total. The Labute approximate surface area is 105 Å². The molecule has 1 aromatic rings.